The van der Waals surface area contributed by atoms with Crippen molar-refractivity contribution in [3.8, 4) is 28.5 Å². The normalized spacial score (nSPS) is 13.6. The summed E-state index contributed by atoms with van der Waals surface area (Å²) < 4.78 is 7.30. The van der Waals surface area contributed by atoms with E-state index in [1.807, 2.05) is 24.2 Å². The summed E-state index contributed by atoms with van der Waals surface area (Å²) in [6, 6.07) is 73.8. The van der Waals surface area contributed by atoms with Gasteiger partial charge in [-0.25, -0.2) is 0 Å². The minimum absolute atomic E-state index is 0.612. The van der Waals surface area contributed by atoms with E-state index in [9.17, 15) is 0 Å². The Morgan fingerprint density at radius 1 is 0.308 bits per heavy atom. The highest BCUT2D eigenvalue weighted by molar-refractivity contribution is 7.99. The zero-order valence-corrected chi connectivity index (χ0v) is 35.7. The summed E-state index contributed by atoms with van der Waals surface area (Å²) in [6.45, 7) is 0. The monoisotopic (exact) mass is 845 g/mol. The average Bonchev–Trinajstić information content (AvgIpc) is 4.08. The number of fused-ring (bicyclic) bond motifs is 18. The van der Waals surface area contributed by atoms with E-state index < -0.39 is 5.41 Å². The number of hydrogen-bond acceptors (Lipinski definition) is 3. The summed E-state index contributed by atoms with van der Waals surface area (Å²) in [6.07, 6.45) is 3.80. The van der Waals surface area contributed by atoms with E-state index in [1.54, 1.807) is 0 Å². The fourth-order valence-corrected chi connectivity index (χ4v) is 12.9. The summed E-state index contributed by atoms with van der Waals surface area (Å²) in [5, 5.41) is 7.48. The topological polar surface area (TPSA) is 40.6 Å². The SMILES string of the molecule is c1cnc2c(c1)C1(c3ccc(-n4c5ccccc5c5ccccc54)cc3Sc3cc(-n4c5ccccc5c5cc(-n6c7ccccc7c7ccccc76)ccc54)ccc31)c1cccnc1-2. The Morgan fingerprint density at radius 3 is 1.09 bits per heavy atom. The molecule has 1 spiro atoms. The molecule has 0 atom stereocenters. The first-order valence-corrected chi connectivity index (χ1v) is 23.0. The first-order valence-electron chi connectivity index (χ1n) is 22.1. The van der Waals surface area contributed by atoms with Crippen LogP contribution < -0.4 is 0 Å². The number of para-hydroxylation sites is 5. The van der Waals surface area contributed by atoms with Crippen LogP contribution in [0.3, 0.4) is 0 Å². The Morgan fingerprint density at radius 2 is 0.662 bits per heavy atom. The van der Waals surface area contributed by atoms with Crippen LogP contribution in [0, 0.1) is 0 Å². The van der Waals surface area contributed by atoms with Gasteiger partial charge < -0.3 is 13.7 Å². The van der Waals surface area contributed by atoms with Gasteiger partial charge in [-0.1, -0.05) is 127 Å². The maximum absolute atomic E-state index is 5.03. The standard InChI is InChI=1S/C59H35N5S/c1-6-20-49-39(13-1)40-14-2-7-21-50(40)62(49)36-27-30-54-44(33-36)43-17-5-10-24-53(43)64(54)38-26-29-46-56(35-38)65-55-34-37(63-51-22-8-3-15-41(51)42-16-4-9-23-52(42)63)25-28-45(55)59(46)47-18-11-31-60-57(47)58-48(59)19-12-32-61-58/h1-35H. The van der Waals surface area contributed by atoms with Crippen molar-refractivity contribution in [3.63, 3.8) is 0 Å². The Balaban J connectivity index is 0.970. The van der Waals surface area contributed by atoms with E-state index in [2.05, 4.69) is 214 Å². The molecule has 8 aromatic carbocycles. The summed E-state index contributed by atoms with van der Waals surface area (Å²) in [7, 11) is 0. The molecular weight excluding hydrogens is 811 g/mol. The molecular formula is C59H35N5S. The molecule has 5 aromatic heterocycles. The third kappa shape index (κ3) is 4.58. The van der Waals surface area contributed by atoms with E-state index in [-0.39, 0.29) is 0 Å². The zero-order valence-electron chi connectivity index (χ0n) is 34.9. The second kappa shape index (κ2) is 12.9. The highest BCUT2D eigenvalue weighted by atomic mass is 32.2. The molecule has 15 rings (SSSR count). The number of rotatable bonds is 3. The molecule has 65 heavy (non-hydrogen) atoms. The third-order valence-electron chi connectivity index (χ3n) is 14.2. The van der Waals surface area contributed by atoms with Gasteiger partial charge >= 0.3 is 0 Å². The number of benzene rings is 8. The van der Waals surface area contributed by atoms with Gasteiger partial charge in [-0.2, -0.15) is 0 Å². The molecule has 5 nitrogen and oxygen atoms in total. The minimum Gasteiger partial charge on any atom is -0.309 e. The lowest BCUT2D eigenvalue weighted by Gasteiger charge is -2.39. The lowest BCUT2D eigenvalue weighted by atomic mass is 9.67. The van der Waals surface area contributed by atoms with Crippen LogP contribution in [0.15, 0.2) is 222 Å². The first-order chi connectivity index (χ1) is 32.3. The number of aromatic nitrogens is 5. The van der Waals surface area contributed by atoms with Gasteiger partial charge in [-0.05, 0) is 107 Å². The molecule has 0 fully saturated rings. The van der Waals surface area contributed by atoms with Crippen molar-refractivity contribution < 1.29 is 0 Å². The van der Waals surface area contributed by atoms with Crippen LogP contribution in [0.25, 0.3) is 93.9 Å². The van der Waals surface area contributed by atoms with Crippen molar-refractivity contribution in [1.29, 1.82) is 0 Å². The fraction of sp³-hybridized carbons (Fsp3) is 0.0169. The highest BCUT2D eigenvalue weighted by Crippen LogP contribution is 2.62. The van der Waals surface area contributed by atoms with Crippen LogP contribution in [0.5, 0.6) is 0 Å². The minimum atomic E-state index is -0.612. The van der Waals surface area contributed by atoms with Gasteiger partial charge in [0.15, 0.2) is 0 Å². The van der Waals surface area contributed by atoms with Gasteiger partial charge in [0.1, 0.15) is 0 Å². The summed E-state index contributed by atoms with van der Waals surface area (Å²) in [5.41, 5.74) is 16.7. The van der Waals surface area contributed by atoms with Gasteiger partial charge in [-0.15, -0.1) is 0 Å². The Kier molecular flexibility index (Phi) is 7.03. The average molecular weight is 846 g/mol. The quantitative estimate of drug-likeness (QED) is 0.178. The Hall–Kier alpha value is -8.19. The number of nitrogens with zero attached hydrogens (tertiary/aromatic N) is 5. The van der Waals surface area contributed by atoms with Gasteiger partial charge in [0.2, 0.25) is 0 Å². The van der Waals surface area contributed by atoms with Crippen LogP contribution in [0.2, 0.25) is 0 Å². The summed E-state index contributed by atoms with van der Waals surface area (Å²) in [5.74, 6) is 0. The molecule has 302 valence electrons. The molecule has 6 heteroatoms. The molecule has 2 aliphatic rings. The van der Waals surface area contributed by atoms with Crippen molar-refractivity contribution in [2.75, 3.05) is 0 Å². The molecule has 6 heterocycles. The second-order valence-corrected chi connectivity index (χ2v) is 18.4. The van der Waals surface area contributed by atoms with E-state index in [1.165, 1.54) is 97.5 Å². The van der Waals surface area contributed by atoms with E-state index in [4.69, 9.17) is 9.97 Å². The second-order valence-electron chi connectivity index (χ2n) is 17.3. The molecule has 0 unspecified atom stereocenters. The number of hydrogen-bond donors (Lipinski definition) is 0. The third-order valence-corrected chi connectivity index (χ3v) is 15.3. The first kappa shape index (κ1) is 35.3. The van der Waals surface area contributed by atoms with E-state index in [0.717, 1.165) is 28.5 Å². The lowest BCUT2D eigenvalue weighted by Crippen LogP contribution is -2.32. The van der Waals surface area contributed by atoms with Crippen molar-refractivity contribution in [3.05, 3.63) is 235 Å². The molecule has 13 aromatic rings. The zero-order chi connectivity index (χ0) is 42.4. The maximum atomic E-state index is 5.03. The van der Waals surface area contributed by atoms with Crippen molar-refractivity contribution >= 4 is 77.2 Å². The van der Waals surface area contributed by atoms with Crippen LogP contribution in [-0.4, -0.2) is 23.7 Å². The lowest BCUT2D eigenvalue weighted by molar-refractivity contribution is 0.718. The highest BCUT2D eigenvalue weighted by Gasteiger charge is 2.51. The van der Waals surface area contributed by atoms with Gasteiger partial charge in [-0.3, -0.25) is 9.97 Å². The molecule has 0 saturated carbocycles. The Labute approximate surface area is 377 Å². The molecule has 1 aliphatic carbocycles. The van der Waals surface area contributed by atoms with Gasteiger partial charge in [0, 0.05) is 71.6 Å². The molecule has 0 saturated heterocycles. The van der Waals surface area contributed by atoms with Crippen molar-refractivity contribution in [2.24, 2.45) is 0 Å². The predicted molar refractivity (Wildman–Crippen MR) is 266 cm³/mol. The van der Waals surface area contributed by atoms with Crippen molar-refractivity contribution in [2.45, 2.75) is 15.2 Å². The molecule has 0 N–H and O–H groups in total. The fourth-order valence-electron chi connectivity index (χ4n) is 11.7. The van der Waals surface area contributed by atoms with Crippen LogP contribution >= 0.6 is 11.8 Å². The predicted octanol–water partition coefficient (Wildman–Crippen LogP) is 14.6. The molecule has 1 aliphatic heterocycles. The van der Waals surface area contributed by atoms with Gasteiger partial charge in [0.05, 0.1) is 49.9 Å². The summed E-state index contributed by atoms with van der Waals surface area (Å²) >= 11 is 1.87. The molecule has 0 radical (unpaired) electrons. The maximum Gasteiger partial charge on any atom is 0.0937 e. The smallest absolute Gasteiger partial charge is 0.0937 e. The van der Waals surface area contributed by atoms with E-state index >= 15 is 0 Å². The molecule has 0 amide bonds. The Bertz CT molecular complexity index is 4040. The van der Waals surface area contributed by atoms with Crippen LogP contribution in [-0.2, 0) is 5.41 Å². The van der Waals surface area contributed by atoms with Gasteiger partial charge in [0.25, 0.3) is 0 Å². The van der Waals surface area contributed by atoms with Crippen LogP contribution in [0.4, 0.5) is 0 Å². The van der Waals surface area contributed by atoms with E-state index in [0.29, 0.717) is 0 Å². The van der Waals surface area contributed by atoms with Crippen LogP contribution in [0.1, 0.15) is 22.3 Å². The number of pyridine rings is 2. The summed E-state index contributed by atoms with van der Waals surface area (Å²) in [4.78, 5) is 12.5. The van der Waals surface area contributed by atoms with Crippen molar-refractivity contribution in [1.82, 2.24) is 23.7 Å². The largest absolute Gasteiger partial charge is 0.309 e. The molecule has 0 bridgehead atoms.